The van der Waals surface area contributed by atoms with Crippen LogP contribution in [0.3, 0.4) is 0 Å². The van der Waals surface area contributed by atoms with Crippen molar-refractivity contribution in [3.05, 3.63) is 35.9 Å². The summed E-state index contributed by atoms with van der Waals surface area (Å²) in [6, 6.07) is 9.59. The summed E-state index contributed by atoms with van der Waals surface area (Å²) < 4.78 is 0. The van der Waals surface area contributed by atoms with E-state index in [0.29, 0.717) is 25.3 Å². The quantitative estimate of drug-likeness (QED) is 0.732. The normalized spacial score (nSPS) is 22.1. The van der Waals surface area contributed by atoms with Gasteiger partial charge in [-0.05, 0) is 37.2 Å². The zero-order valence-electron chi connectivity index (χ0n) is 16.2. The maximum atomic E-state index is 12.4. The average molecular weight is 374 g/mol. The van der Waals surface area contributed by atoms with Crippen LogP contribution in [0.5, 0.6) is 0 Å². The molecule has 0 heterocycles. The van der Waals surface area contributed by atoms with Gasteiger partial charge >= 0.3 is 5.97 Å². The van der Waals surface area contributed by atoms with Crippen LogP contribution in [0, 0.1) is 5.92 Å². The van der Waals surface area contributed by atoms with E-state index in [-0.39, 0.29) is 24.8 Å². The molecule has 0 unspecified atom stereocenters. The van der Waals surface area contributed by atoms with Crippen LogP contribution in [0.2, 0.25) is 0 Å². The van der Waals surface area contributed by atoms with Crippen molar-refractivity contribution in [1.82, 2.24) is 10.2 Å². The largest absolute Gasteiger partial charge is 0.480 e. The Hall–Kier alpha value is -2.37. The molecule has 148 valence electrons. The molecule has 0 aromatic heterocycles. The minimum Gasteiger partial charge on any atom is -0.480 e. The highest BCUT2D eigenvalue weighted by Crippen LogP contribution is 2.34. The molecule has 1 aliphatic rings. The number of hydrogen-bond acceptors (Lipinski definition) is 3. The van der Waals surface area contributed by atoms with Gasteiger partial charge in [0, 0.05) is 26.4 Å². The molecule has 0 aliphatic heterocycles. The Morgan fingerprint density at radius 1 is 1.19 bits per heavy atom. The molecule has 2 rings (SSSR count). The maximum absolute atomic E-state index is 12.4. The third kappa shape index (κ3) is 5.81. The number of nitrogens with zero attached hydrogens (tertiary/aromatic N) is 1. The van der Waals surface area contributed by atoms with Crippen molar-refractivity contribution in [2.24, 2.45) is 5.92 Å². The summed E-state index contributed by atoms with van der Waals surface area (Å²) in [4.78, 5) is 37.8. The topological polar surface area (TPSA) is 86.7 Å². The summed E-state index contributed by atoms with van der Waals surface area (Å²) in [6.07, 6.45) is 3.70. The van der Waals surface area contributed by atoms with E-state index in [1.165, 1.54) is 6.92 Å². The number of aliphatic carboxylic acids is 1. The van der Waals surface area contributed by atoms with E-state index >= 15 is 0 Å². The molecular formula is C21H30N2O4. The number of carbonyl (C=O) groups excluding carboxylic acids is 2. The Labute approximate surface area is 160 Å². The van der Waals surface area contributed by atoms with Crippen molar-refractivity contribution in [3.63, 3.8) is 0 Å². The molecule has 6 nitrogen and oxygen atoms in total. The number of hydrogen-bond donors (Lipinski definition) is 2. The van der Waals surface area contributed by atoms with E-state index in [2.05, 4.69) is 12.2 Å². The van der Waals surface area contributed by atoms with Crippen LogP contribution in [0.25, 0.3) is 0 Å². The molecule has 0 radical (unpaired) electrons. The summed E-state index contributed by atoms with van der Waals surface area (Å²) in [6.45, 7) is 4.29. The lowest BCUT2D eigenvalue weighted by Crippen LogP contribution is -2.56. The summed E-state index contributed by atoms with van der Waals surface area (Å²) in [5.41, 5.74) is -0.170. The highest BCUT2D eigenvalue weighted by molar-refractivity contribution is 5.87. The van der Waals surface area contributed by atoms with Gasteiger partial charge in [0.15, 0.2) is 0 Å². The molecule has 0 atom stereocenters. The van der Waals surface area contributed by atoms with Crippen LogP contribution in [0.15, 0.2) is 30.3 Å². The molecular weight excluding hydrogens is 344 g/mol. The van der Waals surface area contributed by atoms with Gasteiger partial charge in [0.1, 0.15) is 5.54 Å². The molecule has 1 aromatic carbocycles. The molecule has 1 saturated carbocycles. The van der Waals surface area contributed by atoms with Gasteiger partial charge in [0.2, 0.25) is 11.8 Å². The first kappa shape index (κ1) is 20.9. The second kappa shape index (κ2) is 9.53. The molecule has 6 heteroatoms. The molecule has 1 aromatic rings. The second-order valence-corrected chi connectivity index (χ2v) is 7.46. The van der Waals surface area contributed by atoms with Crippen LogP contribution in [0.1, 0.15) is 57.9 Å². The van der Waals surface area contributed by atoms with Crippen LogP contribution < -0.4 is 5.32 Å². The highest BCUT2D eigenvalue weighted by Gasteiger charge is 2.42. The van der Waals surface area contributed by atoms with E-state index in [4.69, 9.17) is 0 Å². The monoisotopic (exact) mass is 374 g/mol. The Balaban J connectivity index is 1.92. The van der Waals surface area contributed by atoms with Crippen molar-refractivity contribution in [3.8, 4) is 0 Å². The molecule has 0 saturated heterocycles. The summed E-state index contributed by atoms with van der Waals surface area (Å²) in [7, 11) is 0. The summed E-state index contributed by atoms with van der Waals surface area (Å²) in [5.74, 6) is -0.846. The molecule has 0 spiro atoms. The first-order valence-corrected chi connectivity index (χ1v) is 9.70. The lowest BCUT2D eigenvalue weighted by Gasteiger charge is -2.37. The zero-order valence-corrected chi connectivity index (χ0v) is 16.2. The predicted octanol–water partition coefficient (Wildman–Crippen LogP) is 2.97. The van der Waals surface area contributed by atoms with Crippen LogP contribution in [0.4, 0.5) is 0 Å². The Morgan fingerprint density at radius 2 is 1.81 bits per heavy atom. The van der Waals surface area contributed by atoms with Crippen molar-refractivity contribution >= 4 is 17.8 Å². The number of benzene rings is 1. The minimum absolute atomic E-state index is 0.0959. The first-order chi connectivity index (χ1) is 12.9. The number of carbonyl (C=O) groups is 3. The number of nitrogens with one attached hydrogen (secondary N) is 1. The Bertz CT molecular complexity index is 651. The number of rotatable bonds is 8. The van der Waals surface area contributed by atoms with Crippen molar-refractivity contribution in [2.75, 3.05) is 6.54 Å². The van der Waals surface area contributed by atoms with Gasteiger partial charge in [0.05, 0.1) is 0 Å². The lowest BCUT2D eigenvalue weighted by molar-refractivity contribution is -0.150. The van der Waals surface area contributed by atoms with Crippen molar-refractivity contribution in [1.29, 1.82) is 0 Å². The fourth-order valence-corrected chi connectivity index (χ4v) is 3.69. The van der Waals surface area contributed by atoms with Gasteiger partial charge in [-0.1, -0.05) is 43.7 Å². The van der Waals surface area contributed by atoms with E-state index in [1.54, 1.807) is 4.90 Å². The van der Waals surface area contributed by atoms with E-state index in [0.717, 1.165) is 24.8 Å². The van der Waals surface area contributed by atoms with E-state index < -0.39 is 11.5 Å². The van der Waals surface area contributed by atoms with Crippen molar-refractivity contribution < 1.29 is 19.5 Å². The lowest BCUT2D eigenvalue weighted by atomic mass is 9.75. The van der Waals surface area contributed by atoms with Gasteiger partial charge in [0.25, 0.3) is 0 Å². The Morgan fingerprint density at radius 3 is 2.33 bits per heavy atom. The van der Waals surface area contributed by atoms with Crippen LogP contribution in [-0.2, 0) is 20.9 Å². The van der Waals surface area contributed by atoms with Crippen LogP contribution in [-0.4, -0.2) is 39.9 Å². The highest BCUT2D eigenvalue weighted by atomic mass is 16.4. The van der Waals surface area contributed by atoms with Gasteiger partial charge < -0.3 is 15.3 Å². The van der Waals surface area contributed by atoms with Crippen LogP contribution >= 0.6 is 0 Å². The standard InChI is InChI=1S/C21H30N2O4/c1-3-17-9-12-21(13-10-17,20(26)27)22-19(25)11-14-23(16(2)24)15-18-7-5-4-6-8-18/h4-8,17H,3,9-15H2,1-2H3,(H,22,25)(H,26,27). The van der Waals surface area contributed by atoms with E-state index in [1.807, 2.05) is 30.3 Å². The first-order valence-electron chi connectivity index (χ1n) is 9.70. The third-order valence-corrected chi connectivity index (χ3v) is 5.59. The maximum Gasteiger partial charge on any atom is 0.329 e. The minimum atomic E-state index is -1.16. The molecule has 27 heavy (non-hydrogen) atoms. The molecule has 1 fully saturated rings. The summed E-state index contributed by atoms with van der Waals surface area (Å²) >= 11 is 0. The third-order valence-electron chi connectivity index (χ3n) is 5.59. The van der Waals surface area contributed by atoms with Gasteiger partial charge in [-0.2, -0.15) is 0 Å². The molecule has 1 aliphatic carbocycles. The van der Waals surface area contributed by atoms with E-state index in [9.17, 15) is 19.5 Å². The number of amides is 2. The molecule has 2 N–H and O–H groups in total. The fourth-order valence-electron chi connectivity index (χ4n) is 3.69. The second-order valence-electron chi connectivity index (χ2n) is 7.46. The Kier molecular flexibility index (Phi) is 7.39. The number of carboxylic acids is 1. The molecule has 0 bridgehead atoms. The zero-order chi connectivity index (χ0) is 19.9. The average Bonchev–Trinajstić information content (AvgIpc) is 2.66. The fraction of sp³-hybridized carbons (Fsp3) is 0.571. The van der Waals surface area contributed by atoms with Crippen molar-refractivity contribution in [2.45, 2.75) is 64.5 Å². The van der Waals surface area contributed by atoms with Gasteiger partial charge in [-0.25, -0.2) is 4.79 Å². The summed E-state index contributed by atoms with van der Waals surface area (Å²) in [5, 5.41) is 12.4. The predicted molar refractivity (Wildman–Crippen MR) is 103 cm³/mol. The number of carboxylic acid groups (broad SMARTS) is 1. The van der Waals surface area contributed by atoms with Gasteiger partial charge in [-0.3, -0.25) is 9.59 Å². The molecule has 2 amide bonds. The van der Waals surface area contributed by atoms with Gasteiger partial charge in [-0.15, -0.1) is 0 Å². The SMILES string of the molecule is CCC1CCC(NC(=O)CCN(Cc2ccccc2)C(C)=O)(C(=O)O)CC1. The smallest absolute Gasteiger partial charge is 0.329 e.